The number of nitrogens with one attached hydrogen (secondary N) is 1. The zero-order chi connectivity index (χ0) is 22.2. The summed E-state index contributed by atoms with van der Waals surface area (Å²) in [6.45, 7) is 3.97. The molecule has 158 valence electrons. The van der Waals surface area contributed by atoms with E-state index in [4.69, 9.17) is 9.47 Å². The fraction of sp³-hybridized carbons (Fsp3) is 0.174. The van der Waals surface area contributed by atoms with Gasteiger partial charge in [0, 0.05) is 36.4 Å². The summed E-state index contributed by atoms with van der Waals surface area (Å²) in [7, 11) is 0. The quantitative estimate of drug-likeness (QED) is 0.337. The van der Waals surface area contributed by atoms with Crippen molar-refractivity contribution in [3.63, 3.8) is 0 Å². The van der Waals surface area contributed by atoms with Gasteiger partial charge >= 0.3 is 11.9 Å². The lowest BCUT2D eigenvalue weighted by Crippen LogP contribution is -2.29. The van der Waals surface area contributed by atoms with E-state index in [1.165, 1.54) is 49.1 Å². The van der Waals surface area contributed by atoms with Crippen LogP contribution in [-0.2, 0) is 0 Å². The standard InChI is InChI=1S/C23H21N3O5/c1-15(2)26-14-19(27)16-7-8-20(30-22(28)17-5-3-9-24-12-17)21(11-16)31-23(29)18-6-4-10-25-13-18/h3-13,15,26H,14H2,1-2H3. The topological polar surface area (TPSA) is 107 Å². The highest BCUT2D eigenvalue weighted by molar-refractivity contribution is 5.99. The Morgan fingerprint density at radius 2 is 1.42 bits per heavy atom. The van der Waals surface area contributed by atoms with Crippen LogP contribution in [0.1, 0.15) is 44.9 Å². The molecular formula is C23H21N3O5. The monoisotopic (exact) mass is 419 g/mol. The summed E-state index contributed by atoms with van der Waals surface area (Å²) < 4.78 is 10.8. The van der Waals surface area contributed by atoms with Gasteiger partial charge in [0.1, 0.15) is 0 Å². The van der Waals surface area contributed by atoms with Gasteiger partial charge in [0.2, 0.25) is 0 Å². The second-order valence-corrected chi connectivity index (χ2v) is 6.88. The Kier molecular flexibility index (Phi) is 7.18. The molecule has 0 saturated heterocycles. The maximum absolute atomic E-state index is 12.5. The number of pyridine rings is 2. The smallest absolute Gasteiger partial charge is 0.345 e. The molecule has 0 spiro atoms. The molecule has 0 unspecified atom stereocenters. The average molecular weight is 419 g/mol. The minimum absolute atomic E-state index is 0.000498. The van der Waals surface area contributed by atoms with Crippen LogP contribution in [0, 0.1) is 0 Å². The van der Waals surface area contributed by atoms with E-state index in [-0.39, 0.29) is 41.0 Å². The molecule has 0 fully saturated rings. The van der Waals surface area contributed by atoms with Crippen LogP contribution in [0.3, 0.4) is 0 Å². The molecule has 31 heavy (non-hydrogen) atoms. The largest absolute Gasteiger partial charge is 0.419 e. The van der Waals surface area contributed by atoms with Gasteiger partial charge in [-0.15, -0.1) is 0 Å². The maximum atomic E-state index is 12.5. The van der Waals surface area contributed by atoms with Gasteiger partial charge in [-0.2, -0.15) is 0 Å². The number of aromatic nitrogens is 2. The molecule has 0 amide bonds. The Bertz CT molecular complexity index is 1070. The summed E-state index contributed by atoms with van der Waals surface area (Å²) in [5.74, 6) is -1.62. The lowest BCUT2D eigenvalue weighted by atomic mass is 10.1. The van der Waals surface area contributed by atoms with Crippen molar-refractivity contribution in [1.82, 2.24) is 15.3 Å². The van der Waals surface area contributed by atoms with E-state index in [2.05, 4.69) is 15.3 Å². The fourth-order valence-electron chi connectivity index (χ4n) is 2.53. The highest BCUT2D eigenvalue weighted by Crippen LogP contribution is 2.30. The minimum atomic E-state index is -0.698. The third-order valence-corrected chi connectivity index (χ3v) is 4.14. The SMILES string of the molecule is CC(C)NCC(=O)c1ccc(OC(=O)c2cccnc2)c(OC(=O)c2cccnc2)c1. The molecule has 0 atom stereocenters. The predicted molar refractivity (Wildman–Crippen MR) is 112 cm³/mol. The molecule has 1 aromatic carbocycles. The first-order chi connectivity index (χ1) is 14.9. The number of ether oxygens (including phenoxy) is 2. The van der Waals surface area contributed by atoms with Crippen LogP contribution in [0.15, 0.2) is 67.3 Å². The number of esters is 2. The molecule has 0 bridgehead atoms. The number of carbonyl (C=O) groups excluding carboxylic acids is 3. The van der Waals surface area contributed by atoms with Gasteiger partial charge in [-0.1, -0.05) is 13.8 Å². The minimum Gasteiger partial charge on any atom is -0.419 e. The van der Waals surface area contributed by atoms with Crippen LogP contribution in [0.25, 0.3) is 0 Å². The summed E-state index contributed by atoms with van der Waals surface area (Å²) in [6.07, 6.45) is 5.77. The van der Waals surface area contributed by atoms with Crippen LogP contribution in [-0.4, -0.2) is 40.3 Å². The Morgan fingerprint density at radius 1 is 0.839 bits per heavy atom. The van der Waals surface area contributed by atoms with E-state index in [0.717, 1.165) is 0 Å². The summed E-state index contributed by atoms with van der Waals surface area (Å²) in [5, 5.41) is 3.04. The summed E-state index contributed by atoms with van der Waals surface area (Å²) in [4.78, 5) is 45.2. The van der Waals surface area contributed by atoms with Gasteiger partial charge in [-0.3, -0.25) is 14.8 Å². The van der Waals surface area contributed by atoms with Crippen molar-refractivity contribution >= 4 is 17.7 Å². The van der Waals surface area contributed by atoms with Crippen LogP contribution in [0.4, 0.5) is 0 Å². The maximum Gasteiger partial charge on any atom is 0.345 e. The van der Waals surface area contributed by atoms with Gasteiger partial charge in [-0.25, -0.2) is 9.59 Å². The third kappa shape index (κ3) is 6.03. The molecule has 8 heteroatoms. The second-order valence-electron chi connectivity index (χ2n) is 6.88. The van der Waals surface area contributed by atoms with E-state index >= 15 is 0 Å². The molecule has 3 rings (SSSR count). The molecule has 8 nitrogen and oxygen atoms in total. The van der Waals surface area contributed by atoms with Gasteiger partial charge in [-0.05, 0) is 42.5 Å². The molecule has 2 heterocycles. The molecule has 3 aromatic rings. The van der Waals surface area contributed by atoms with Crippen LogP contribution < -0.4 is 14.8 Å². The highest BCUT2D eigenvalue weighted by Gasteiger charge is 2.19. The number of ketones is 1. The van der Waals surface area contributed by atoms with Gasteiger partial charge in [0.25, 0.3) is 0 Å². The lowest BCUT2D eigenvalue weighted by molar-refractivity contribution is 0.0681. The summed E-state index contributed by atoms with van der Waals surface area (Å²) in [6, 6.07) is 10.7. The van der Waals surface area contributed by atoms with Gasteiger partial charge in [0.15, 0.2) is 17.3 Å². The Balaban J connectivity index is 1.88. The molecule has 0 saturated carbocycles. The van der Waals surface area contributed by atoms with Gasteiger partial charge < -0.3 is 14.8 Å². The zero-order valence-corrected chi connectivity index (χ0v) is 17.1. The molecule has 0 aliphatic rings. The summed E-state index contributed by atoms with van der Waals surface area (Å²) in [5.41, 5.74) is 0.752. The fourth-order valence-corrected chi connectivity index (χ4v) is 2.53. The van der Waals surface area contributed by atoms with E-state index in [9.17, 15) is 14.4 Å². The van der Waals surface area contributed by atoms with E-state index in [0.29, 0.717) is 5.56 Å². The normalized spacial score (nSPS) is 10.5. The number of benzene rings is 1. The molecule has 0 aliphatic heterocycles. The van der Waals surface area contributed by atoms with Crippen molar-refractivity contribution in [1.29, 1.82) is 0 Å². The van der Waals surface area contributed by atoms with Crippen LogP contribution in [0.5, 0.6) is 11.5 Å². The van der Waals surface area contributed by atoms with E-state index in [1.54, 1.807) is 18.2 Å². The van der Waals surface area contributed by atoms with Crippen LogP contribution >= 0.6 is 0 Å². The Hall–Kier alpha value is -3.91. The molecular weight excluding hydrogens is 398 g/mol. The van der Waals surface area contributed by atoms with Crippen molar-refractivity contribution < 1.29 is 23.9 Å². The molecule has 0 radical (unpaired) electrons. The second kappa shape index (κ2) is 10.2. The first kappa shape index (κ1) is 21.8. The Labute approximate surface area is 179 Å². The van der Waals surface area contributed by atoms with Crippen molar-refractivity contribution in [3.8, 4) is 11.5 Å². The van der Waals surface area contributed by atoms with Crippen molar-refractivity contribution in [2.24, 2.45) is 0 Å². The van der Waals surface area contributed by atoms with Crippen molar-refractivity contribution in [3.05, 3.63) is 83.9 Å². The number of rotatable bonds is 8. The predicted octanol–water partition coefficient (Wildman–Crippen LogP) is 3.10. The third-order valence-electron chi connectivity index (χ3n) is 4.14. The first-order valence-electron chi connectivity index (χ1n) is 9.59. The summed E-state index contributed by atoms with van der Waals surface area (Å²) >= 11 is 0. The molecule has 2 aromatic heterocycles. The molecule has 0 aliphatic carbocycles. The zero-order valence-electron chi connectivity index (χ0n) is 17.1. The van der Waals surface area contributed by atoms with Crippen LogP contribution in [0.2, 0.25) is 0 Å². The number of Topliss-reactive ketones (excluding diaryl/α,β-unsaturated/α-hetero) is 1. The van der Waals surface area contributed by atoms with Crippen molar-refractivity contribution in [2.75, 3.05) is 6.54 Å². The number of carbonyl (C=O) groups is 3. The van der Waals surface area contributed by atoms with Crippen molar-refractivity contribution in [2.45, 2.75) is 19.9 Å². The Morgan fingerprint density at radius 3 is 1.94 bits per heavy atom. The number of nitrogens with zero attached hydrogens (tertiary/aromatic N) is 2. The van der Waals surface area contributed by atoms with E-state index < -0.39 is 11.9 Å². The average Bonchev–Trinajstić information content (AvgIpc) is 2.79. The first-order valence-corrected chi connectivity index (χ1v) is 9.59. The number of hydrogen-bond acceptors (Lipinski definition) is 8. The molecule has 1 N–H and O–H groups in total. The highest BCUT2D eigenvalue weighted by atomic mass is 16.6. The number of hydrogen-bond donors (Lipinski definition) is 1. The van der Waals surface area contributed by atoms with Gasteiger partial charge in [0.05, 0.1) is 17.7 Å². The lowest BCUT2D eigenvalue weighted by Gasteiger charge is -2.13. The van der Waals surface area contributed by atoms with E-state index in [1.807, 2.05) is 13.8 Å².